The normalized spacial score (nSPS) is 24.1. The molecule has 2 rings (SSSR count). The molecular weight excluding hydrogens is 220 g/mol. The summed E-state index contributed by atoms with van der Waals surface area (Å²) in [5.74, 6) is -0.597. The molecule has 5 heteroatoms. The average molecular weight is 234 g/mol. The highest BCUT2D eigenvalue weighted by molar-refractivity contribution is 5.97. The molecule has 0 unspecified atom stereocenters. The first-order valence-electron chi connectivity index (χ1n) is 5.46. The van der Waals surface area contributed by atoms with Crippen molar-refractivity contribution in [3.63, 3.8) is 0 Å². The van der Waals surface area contributed by atoms with Crippen LogP contribution in [0, 0.1) is 0 Å². The first-order valence-corrected chi connectivity index (χ1v) is 5.46. The van der Waals surface area contributed by atoms with Crippen LogP contribution in [0.4, 0.5) is 0 Å². The van der Waals surface area contributed by atoms with Crippen LogP contribution in [-0.2, 0) is 16.0 Å². The number of aliphatic hydroxyl groups excluding tert-OH is 1. The van der Waals surface area contributed by atoms with Gasteiger partial charge in [-0.2, -0.15) is 0 Å². The molecule has 0 spiro atoms. The predicted octanol–water partition coefficient (Wildman–Crippen LogP) is -0.795. The van der Waals surface area contributed by atoms with Crippen molar-refractivity contribution in [1.82, 2.24) is 10.6 Å². The molecule has 5 nitrogen and oxygen atoms in total. The van der Waals surface area contributed by atoms with Crippen molar-refractivity contribution >= 4 is 11.8 Å². The number of nitrogens with one attached hydrogen (secondary N) is 2. The van der Waals surface area contributed by atoms with E-state index in [9.17, 15) is 9.59 Å². The molecule has 2 atom stereocenters. The molecule has 90 valence electrons. The summed E-state index contributed by atoms with van der Waals surface area (Å²) in [6.07, 6.45) is 0.455. The maximum absolute atomic E-state index is 11.7. The largest absolute Gasteiger partial charge is 0.394 e. The molecule has 17 heavy (non-hydrogen) atoms. The van der Waals surface area contributed by atoms with Gasteiger partial charge in [0.2, 0.25) is 11.8 Å². The summed E-state index contributed by atoms with van der Waals surface area (Å²) in [5.41, 5.74) is 0.982. The van der Waals surface area contributed by atoms with Crippen LogP contribution >= 0.6 is 0 Å². The van der Waals surface area contributed by atoms with Crippen LogP contribution in [0.1, 0.15) is 5.56 Å². The molecule has 0 saturated carbocycles. The van der Waals surface area contributed by atoms with E-state index in [1.54, 1.807) is 0 Å². The highest BCUT2D eigenvalue weighted by atomic mass is 16.3. The number of piperazine rings is 1. The first-order chi connectivity index (χ1) is 8.20. The van der Waals surface area contributed by atoms with Crippen molar-refractivity contribution < 1.29 is 14.7 Å². The van der Waals surface area contributed by atoms with E-state index in [4.69, 9.17) is 5.11 Å². The lowest BCUT2D eigenvalue weighted by molar-refractivity contribution is -0.137. The summed E-state index contributed by atoms with van der Waals surface area (Å²) in [4.78, 5) is 23.2. The molecule has 1 aliphatic rings. The molecule has 1 aromatic carbocycles. The van der Waals surface area contributed by atoms with Gasteiger partial charge in [0.05, 0.1) is 6.61 Å². The lowest BCUT2D eigenvalue weighted by Gasteiger charge is -2.28. The lowest BCUT2D eigenvalue weighted by Crippen LogP contribution is -2.63. The molecule has 1 heterocycles. The van der Waals surface area contributed by atoms with Crippen molar-refractivity contribution in [2.45, 2.75) is 18.5 Å². The van der Waals surface area contributed by atoms with Gasteiger partial charge < -0.3 is 15.7 Å². The van der Waals surface area contributed by atoms with Crippen molar-refractivity contribution in [3.05, 3.63) is 35.9 Å². The Morgan fingerprint density at radius 1 is 1.00 bits per heavy atom. The van der Waals surface area contributed by atoms with E-state index in [0.717, 1.165) is 5.56 Å². The van der Waals surface area contributed by atoms with Gasteiger partial charge in [0.25, 0.3) is 0 Å². The summed E-state index contributed by atoms with van der Waals surface area (Å²) < 4.78 is 0. The number of rotatable bonds is 3. The molecule has 0 aliphatic carbocycles. The minimum atomic E-state index is -0.825. The van der Waals surface area contributed by atoms with Crippen LogP contribution in [0.15, 0.2) is 30.3 Å². The highest BCUT2D eigenvalue weighted by Gasteiger charge is 2.32. The molecule has 1 saturated heterocycles. The number of carbonyl (C=O) groups is 2. The van der Waals surface area contributed by atoms with Gasteiger partial charge >= 0.3 is 0 Å². The van der Waals surface area contributed by atoms with Gasteiger partial charge in [-0.3, -0.25) is 9.59 Å². The second-order valence-corrected chi connectivity index (χ2v) is 3.99. The Morgan fingerprint density at radius 2 is 1.59 bits per heavy atom. The number of amides is 2. The SMILES string of the molecule is O=C1N[C@H](CO)C(=O)N[C@H]1Cc1ccccc1. The van der Waals surface area contributed by atoms with Gasteiger partial charge in [-0.25, -0.2) is 0 Å². The minimum absolute atomic E-state index is 0.257. The Balaban J connectivity index is 2.03. The van der Waals surface area contributed by atoms with Crippen LogP contribution in [0.25, 0.3) is 0 Å². The maximum atomic E-state index is 11.7. The molecule has 1 aromatic rings. The number of benzene rings is 1. The third kappa shape index (κ3) is 2.62. The zero-order valence-electron chi connectivity index (χ0n) is 9.22. The zero-order valence-corrected chi connectivity index (χ0v) is 9.22. The number of aliphatic hydroxyl groups is 1. The van der Waals surface area contributed by atoms with Crippen molar-refractivity contribution in [1.29, 1.82) is 0 Å². The molecule has 0 bridgehead atoms. The Bertz CT molecular complexity index is 419. The maximum Gasteiger partial charge on any atom is 0.245 e. The Labute approximate surface area is 98.8 Å². The summed E-state index contributed by atoms with van der Waals surface area (Å²) in [6, 6.07) is 8.07. The number of carbonyl (C=O) groups excluding carboxylic acids is 2. The van der Waals surface area contributed by atoms with Crippen molar-refractivity contribution in [3.8, 4) is 0 Å². The van der Waals surface area contributed by atoms with Gasteiger partial charge in [-0.1, -0.05) is 30.3 Å². The summed E-state index contributed by atoms with van der Waals surface area (Å²) >= 11 is 0. The van der Waals surface area contributed by atoms with Gasteiger partial charge in [0.1, 0.15) is 12.1 Å². The quantitative estimate of drug-likeness (QED) is 0.641. The second kappa shape index (κ2) is 4.97. The lowest BCUT2D eigenvalue weighted by atomic mass is 10.0. The van der Waals surface area contributed by atoms with Crippen LogP contribution in [-0.4, -0.2) is 35.6 Å². The van der Waals surface area contributed by atoms with Gasteiger partial charge in [-0.05, 0) is 5.56 Å². The van der Waals surface area contributed by atoms with Crippen LogP contribution in [0.2, 0.25) is 0 Å². The summed E-state index contributed by atoms with van der Waals surface area (Å²) in [7, 11) is 0. The predicted molar refractivity (Wildman–Crippen MR) is 61.1 cm³/mol. The Morgan fingerprint density at radius 3 is 2.24 bits per heavy atom. The fourth-order valence-electron chi connectivity index (χ4n) is 1.80. The molecule has 1 fully saturated rings. The van der Waals surface area contributed by atoms with E-state index in [2.05, 4.69) is 10.6 Å². The molecule has 1 aliphatic heterocycles. The first kappa shape index (κ1) is 11.6. The zero-order chi connectivity index (χ0) is 12.3. The van der Waals surface area contributed by atoms with Gasteiger partial charge in [-0.15, -0.1) is 0 Å². The van der Waals surface area contributed by atoms with Crippen LogP contribution in [0.5, 0.6) is 0 Å². The molecule has 3 N–H and O–H groups in total. The topological polar surface area (TPSA) is 78.4 Å². The fraction of sp³-hybridized carbons (Fsp3) is 0.333. The second-order valence-electron chi connectivity index (χ2n) is 3.99. The molecule has 2 amide bonds. The minimum Gasteiger partial charge on any atom is -0.394 e. The van der Waals surface area contributed by atoms with Crippen molar-refractivity contribution in [2.24, 2.45) is 0 Å². The van der Waals surface area contributed by atoms with Crippen molar-refractivity contribution in [2.75, 3.05) is 6.61 Å². The third-order valence-corrected chi connectivity index (χ3v) is 2.73. The summed E-state index contributed by atoms with van der Waals surface area (Å²) in [5, 5.41) is 14.0. The Kier molecular flexibility index (Phi) is 3.39. The fourth-order valence-corrected chi connectivity index (χ4v) is 1.80. The van der Waals surface area contributed by atoms with Crippen LogP contribution in [0.3, 0.4) is 0 Å². The number of hydrogen-bond acceptors (Lipinski definition) is 3. The van der Waals surface area contributed by atoms with Gasteiger partial charge in [0, 0.05) is 6.42 Å². The number of hydrogen-bond donors (Lipinski definition) is 3. The summed E-state index contributed by atoms with van der Waals surface area (Å²) in [6.45, 7) is -0.379. The van der Waals surface area contributed by atoms with E-state index >= 15 is 0 Å². The third-order valence-electron chi connectivity index (χ3n) is 2.73. The highest BCUT2D eigenvalue weighted by Crippen LogP contribution is 2.06. The smallest absolute Gasteiger partial charge is 0.245 e. The molecule has 0 radical (unpaired) electrons. The van der Waals surface area contributed by atoms with E-state index < -0.39 is 12.1 Å². The van der Waals surface area contributed by atoms with E-state index in [1.165, 1.54) is 0 Å². The van der Waals surface area contributed by atoms with E-state index in [0.29, 0.717) is 6.42 Å². The Hall–Kier alpha value is -1.88. The molecule has 0 aromatic heterocycles. The average Bonchev–Trinajstić information content (AvgIpc) is 2.34. The monoisotopic (exact) mass is 234 g/mol. The van der Waals surface area contributed by atoms with Crippen LogP contribution < -0.4 is 10.6 Å². The van der Waals surface area contributed by atoms with E-state index in [-0.39, 0.29) is 18.4 Å². The standard InChI is InChI=1S/C12H14N2O3/c15-7-10-12(17)13-9(11(16)14-10)6-8-4-2-1-3-5-8/h1-5,9-10,15H,6-7H2,(H,13,17)(H,14,16)/t9-,10+/m0/s1. The van der Waals surface area contributed by atoms with Gasteiger partial charge in [0.15, 0.2) is 0 Å². The van der Waals surface area contributed by atoms with E-state index in [1.807, 2.05) is 30.3 Å². The molecular formula is C12H14N2O3.